The van der Waals surface area contributed by atoms with E-state index in [2.05, 4.69) is 22.5 Å². The molecule has 0 aliphatic carbocycles. The van der Waals surface area contributed by atoms with E-state index in [-0.39, 0.29) is 0 Å². The number of rotatable bonds is 2. The molecule has 4 heteroatoms. The number of nitrogens with zero attached hydrogens (tertiary/aromatic N) is 3. The Morgan fingerprint density at radius 3 is 3.06 bits per heavy atom. The smallest absolute Gasteiger partial charge is 0.179 e. The zero-order valence-electron chi connectivity index (χ0n) is 11.0. The third-order valence-electron chi connectivity index (χ3n) is 3.80. The summed E-state index contributed by atoms with van der Waals surface area (Å²) >= 11 is 0. The molecule has 0 aromatic carbocycles. The summed E-state index contributed by atoms with van der Waals surface area (Å²) in [5.41, 5.74) is 2.07. The van der Waals surface area contributed by atoms with Gasteiger partial charge >= 0.3 is 0 Å². The van der Waals surface area contributed by atoms with E-state index in [1.807, 2.05) is 18.3 Å². The summed E-state index contributed by atoms with van der Waals surface area (Å²) in [5, 5.41) is 0. The fourth-order valence-corrected chi connectivity index (χ4v) is 2.77. The molecule has 96 valence electrons. The number of pyridine rings is 1. The van der Waals surface area contributed by atoms with Gasteiger partial charge in [-0.1, -0.05) is 6.42 Å². The highest BCUT2D eigenvalue weighted by atomic mass is 16.5. The van der Waals surface area contributed by atoms with Crippen molar-refractivity contribution in [1.29, 1.82) is 0 Å². The zero-order valence-corrected chi connectivity index (χ0v) is 11.0. The molecule has 0 spiro atoms. The summed E-state index contributed by atoms with van der Waals surface area (Å²) < 4.78 is 7.41. The number of hydrogen-bond acceptors (Lipinski definition) is 3. The van der Waals surface area contributed by atoms with Crippen molar-refractivity contribution in [3.8, 4) is 5.75 Å². The van der Waals surface area contributed by atoms with E-state index in [1.54, 1.807) is 7.11 Å². The number of aromatic nitrogens is 2. The first-order valence-corrected chi connectivity index (χ1v) is 6.51. The summed E-state index contributed by atoms with van der Waals surface area (Å²) in [6.45, 7) is 1.16. The second-order valence-corrected chi connectivity index (χ2v) is 4.97. The molecule has 1 unspecified atom stereocenters. The van der Waals surface area contributed by atoms with E-state index >= 15 is 0 Å². The van der Waals surface area contributed by atoms with Gasteiger partial charge in [0, 0.05) is 12.4 Å². The van der Waals surface area contributed by atoms with Gasteiger partial charge in [-0.05, 0) is 38.6 Å². The molecule has 4 nitrogen and oxygen atoms in total. The normalized spacial score (nSPS) is 21.3. The maximum Gasteiger partial charge on any atom is 0.179 e. The summed E-state index contributed by atoms with van der Waals surface area (Å²) in [7, 11) is 3.88. The van der Waals surface area contributed by atoms with Crippen LogP contribution in [-0.4, -0.2) is 35.0 Å². The number of piperidine rings is 1. The van der Waals surface area contributed by atoms with Crippen molar-refractivity contribution in [2.45, 2.75) is 25.3 Å². The van der Waals surface area contributed by atoms with Crippen LogP contribution in [0, 0.1) is 0 Å². The van der Waals surface area contributed by atoms with Crippen molar-refractivity contribution < 1.29 is 4.74 Å². The van der Waals surface area contributed by atoms with Crippen LogP contribution < -0.4 is 4.74 Å². The van der Waals surface area contributed by atoms with Gasteiger partial charge in [0.05, 0.1) is 18.8 Å². The maximum absolute atomic E-state index is 5.36. The molecular formula is C14H19N3O. The van der Waals surface area contributed by atoms with Crippen LogP contribution in [0.4, 0.5) is 0 Å². The number of ether oxygens (including phenoxy) is 1. The Kier molecular flexibility index (Phi) is 2.96. The van der Waals surface area contributed by atoms with Crippen molar-refractivity contribution in [2.24, 2.45) is 0 Å². The van der Waals surface area contributed by atoms with Gasteiger partial charge in [-0.25, -0.2) is 4.98 Å². The standard InChI is InChI=1S/C14H19N3O/c1-16-8-4-3-6-12(16)11-10-17-9-5-7-13(18-2)14(17)15-11/h5,7,9-10,12H,3-4,6,8H2,1-2H3. The second kappa shape index (κ2) is 4.61. The molecule has 1 aliphatic rings. The first kappa shape index (κ1) is 11.5. The molecule has 0 amide bonds. The number of fused-ring (bicyclic) bond motifs is 1. The average molecular weight is 245 g/mol. The lowest BCUT2D eigenvalue weighted by atomic mass is 10.0. The Hall–Kier alpha value is -1.55. The zero-order chi connectivity index (χ0) is 12.5. The molecule has 18 heavy (non-hydrogen) atoms. The Morgan fingerprint density at radius 2 is 2.28 bits per heavy atom. The minimum Gasteiger partial charge on any atom is -0.493 e. The van der Waals surface area contributed by atoms with Gasteiger partial charge in [-0.15, -0.1) is 0 Å². The van der Waals surface area contributed by atoms with Gasteiger partial charge in [0.1, 0.15) is 0 Å². The number of methoxy groups -OCH3 is 1. The lowest BCUT2D eigenvalue weighted by Gasteiger charge is -2.31. The number of imidazole rings is 1. The van der Waals surface area contributed by atoms with E-state index < -0.39 is 0 Å². The van der Waals surface area contributed by atoms with E-state index in [9.17, 15) is 0 Å². The fraction of sp³-hybridized carbons (Fsp3) is 0.500. The predicted molar refractivity (Wildman–Crippen MR) is 71.0 cm³/mol. The van der Waals surface area contributed by atoms with Crippen molar-refractivity contribution in [2.75, 3.05) is 20.7 Å². The molecule has 1 fully saturated rings. The molecule has 0 bridgehead atoms. The fourth-order valence-electron chi connectivity index (χ4n) is 2.77. The van der Waals surface area contributed by atoms with E-state index in [1.165, 1.54) is 19.3 Å². The van der Waals surface area contributed by atoms with Crippen LogP contribution in [0.1, 0.15) is 31.0 Å². The van der Waals surface area contributed by atoms with Gasteiger partial charge in [0.2, 0.25) is 0 Å². The second-order valence-electron chi connectivity index (χ2n) is 4.97. The molecule has 2 aromatic rings. The largest absolute Gasteiger partial charge is 0.493 e. The Bertz CT molecular complexity index is 549. The first-order valence-electron chi connectivity index (χ1n) is 6.51. The van der Waals surface area contributed by atoms with E-state index in [0.29, 0.717) is 6.04 Å². The van der Waals surface area contributed by atoms with Crippen molar-refractivity contribution >= 4 is 5.65 Å². The molecule has 1 saturated heterocycles. The highest BCUT2D eigenvalue weighted by Gasteiger charge is 2.23. The van der Waals surface area contributed by atoms with Crippen molar-refractivity contribution in [3.05, 3.63) is 30.2 Å². The summed E-state index contributed by atoms with van der Waals surface area (Å²) in [5.74, 6) is 0.835. The SMILES string of the molecule is COc1cccn2cc(C3CCCCN3C)nc12. The molecule has 0 radical (unpaired) electrons. The first-order chi connectivity index (χ1) is 8.79. The van der Waals surface area contributed by atoms with Crippen LogP contribution >= 0.6 is 0 Å². The van der Waals surface area contributed by atoms with Crippen molar-refractivity contribution in [3.63, 3.8) is 0 Å². The highest BCUT2D eigenvalue weighted by molar-refractivity contribution is 5.54. The average Bonchev–Trinajstić information content (AvgIpc) is 2.82. The van der Waals surface area contributed by atoms with Crippen LogP contribution in [0.2, 0.25) is 0 Å². The topological polar surface area (TPSA) is 29.8 Å². The third-order valence-corrected chi connectivity index (χ3v) is 3.80. The number of hydrogen-bond donors (Lipinski definition) is 0. The van der Waals surface area contributed by atoms with Gasteiger partial charge < -0.3 is 9.14 Å². The summed E-state index contributed by atoms with van der Waals surface area (Å²) in [6, 6.07) is 4.39. The third kappa shape index (κ3) is 1.86. The van der Waals surface area contributed by atoms with Gasteiger partial charge in [0.15, 0.2) is 11.4 Å². The van der Waals surface area contributed by atoms with Crippen molar-refractivity contribution in [1.82, 2.24) is 14.3 Å². The molecule has 0 N–H and O–H groups in total. The minimum absolute atomic E-state index is 0.448. The van der Waals surface area contributed by atoms with Crippen LogP contribution in [0.5, 0.6) is 5.75 Å². The number of likely N-dealkylation sites (tertiary alicyclic amines) is 1. The molecule has 1 atom stereocenters. The molecule has 1 aliphatic heterocycles. The lowest BCUT2D eigenvalue weighted by Crippen LogP contribution is -2.29. The highest BCUT2D eigenvalue weighted by Crippen LogP contribution is 2.30. The van der Waals surface area contributed by atoms with Crippen LogP contribution in [-0.2, 0) is 0 Å². The lowest BCUT2D eigenvalue weighted by molar-refractivity contribution is 0.184. The molecule has 0 saturated carbocycles. The molecular weight excluding hydrogens is 226 g/mol. The Morgan fingerprint density at radius 1 is 1.39 bits per heavy atom. The monoisotopic (exact) mass is 245 g/mol. The van der Waals surface area contributed by atoms with E-state index in [0.717, 1.165) is 23.6 Å². The molecule has 3 rings (SSSR count). The minimum atomic E-state index is 0.448. The predicted octanol–water partition coefficient (Wildman–Crippen LogP) is 2.50. The van der Waals surface area contributed by atoms with Gasteiger partial charge in [0.25, 0.3) is 0 Å². The Labute approximate surface area is 107 Å². The van der Waals surface area contributed by atoms with Crippen LogP contribution in [0.15, 0.2) is 24.5 Å². The van der Waals surface area contributed by atoms with Gasteiger partial charge in [-0.3, -0.25) is 4.90 Å². The van der Waals surface area contributed by atoms with Crippen LogP contribution in [0.3, 0.4) is 0 Å². The van der Waals surface area contributed by atoms with Crippen LogP contribution in [0.25, 0.3) is 5.65 Å². The maximum atomic E-state index is 5.36. The summed E-state index contributed by atoms with van der Waals surface area (Å²) in [6.07, 6.45) is 7.94. The molecule has 2 aromatic heterocycles. The Balaban J connectivity index is 2.02. The quantitative estimate of drug-likeness (QED) is 0.814. The molecule has 3 heterocycles. The van der Waals surface area contributed by atoms with Gasteiger partial charge in [-0.2, -0.15) is 0 Å². The van der Waals surface area contributed by atoms with E-state index in [4.69, 9.17) is 9.72 Å². The summed E-state index contributed by atoms with van der Waals surface area (Å²) in [4.78, 5) is 7.15.